The van der Waals surface area contributed by atoms with Crippen molar-refractivity contribution < 1.29 is 112 Å². The average molecular weight is 1750 g/mol. The number of primary amides is 1. The lowest BCUT2D eigenvalue weighted by molar-refractivity contribution is -0.329. The van der Waals surface area contributed by atoms with Crippen molar-refractivity contribution in [3.63, 3.8) is 0 Å². The van der Waals surface area contributed by atoms with Crippen LogP contribution in [0.2, 0.25) is 15.1 Å². The number of nitrogens with one attached hydrogen (secondary N) is 9. The minimum atomic E-state index is -2.29. The van der Waals surface area contributed by atoms with Crippen molar-refractivity contribution >= 4 is 87.7 Å². The van der Waals surface area contributed by atoms with Gasteiger partial charge in [-0.05, 0) is 165 Å². The highest BCUT2D eigenvalue weighted by molar-refractivity contribution is 6.32. The number of hydrogen-bond acceptors (Lipinski definition) is 27. The Kier molecular flexibility index (Phi) is 30.4. The average Bonchev–Trinajstić information content (AvgIpc) is 0.751. The second-order valence-corrected chi connectivity index (χ2v) is 31.9. The predicted molar refractivity (Wildman–Crippen MR) is 443 cm³/mol. The van der Waals surface area contributed by atoms with E-state index in [9.17, 15) is 64.8 Å². The highest BCUT2D eigenvalue weighted by Gasteiger charge is 2.52. The first-order valence-electron chi connectivity index (χ1n) is 39.2. The molecule has 6 aliphatic heterocycles. The Morgan fingerprint density at radius 2 is 1.38 bits per heavy atom. The van der Waals surface area contributed by atoms with Crippen LogP contribution in [0.15, 0.2) is 127 Å². The molecule has 17 atom stereocenters. The molecule has 6 heterocycles. The van der Waals surface area contributed by atoms with E-state index in [-0.39, 0.29) is 87.8 Å². The van der Waals surface area contributed by atoms with Crippen molar-refractivity contribution in [3.8, 4) is 62.9 Å². The lowest BCUT2D eigenvalue weighted by Crippen LogP contribution is -2.64. The fourth-order valence-corrected chi connectivity index (χ4v) is 15.3. The topological polar surface area (TPSA) is 549 Å². The molecule has 0 saturated carbocycles. The number of carbonyl (C=O) groups excluding carboxylic acids is 8. The van der Waals surface area contributed by atoms with E-state index in [1.165, 1.54) is 50.5 Å². The van der Waals surface area contributed by atoms with E-state index >= 15 is 14.4 Å². The highest BCUT2D eigenvalue weighted by Crippen LogP contribution is 2.50. The van der Waals surface area contributed by atoms with Crippen LogP contribution >= 0.6 is 34.8 Å². The number of amides is 8. The van der Waals surface area contributed by atoms with Crippen molar-refractivity contribution in [1.82, 2.24) is 42.5 Å². The molecule has 9 bridgehead atoms. The number of unbranched alkanes of at least 4 members (excludes halogenated alkanes) is 1. The minimum absolute atomic E-state index is 0.00423. The van der Waals surface area contributed by atoms with E-state index < -0.39 is 215 Å². The molecule has 122 heavy (non-hydrogen) atoms. The van der Waals surface area contributed by atoms with Crippen LogP contribution < -0.4 is 84.0 Å². The van der Waals surface area contributed by atoms with E-state index in [1.54, 1.807) is 50.2 Å². The second kappa shape index (κ2) is 40.4. The highest BCUT2D eigenvalue weighted by atomic mass is 35.5. The number of aliphatic hydroxyl groups is 5. The van der Waals surface area contributed by atoms with Crippen LogP contribution in [-0.2, 0) is 59.2 Å². The molecule has 0 spiro atoms. The Balaban J connectivity index is 1.11. The van der Waals surface area contributed by atoms with Crippen LogP contribution in [-0.4, -0.2) is 195 Å². The van der Waals surface area contributed by atoms with Gasteiger partial charge in [0, 0.05) is 60.5 Å². The monoisotopic (exact) mass is 1750 g/mol. The van der Waals surface area contributed by atoms with Crippen molar-refractivity contribution in [2.24, 2.45) is 23.1 Å². The van der Waals surface area contributed by atoms with Gasteiger partial charge in [0.1, 0.15) is 102 Å². The van der Waals surface area contributed by atoms with Gasteiger partial charge < -0.3 is 139 Å². The number of nitrogens with two attached hydrogens (primary N) is 3. The van der Waals surface area contributed by atoms with E-state index in [2.05, 4.69) is 47.9 Å². The molecule has 7 aromatic rings. The predicted octanol–water partition coefficient (Wildman–Crippen LogP) is 4.87. The van der Waals surface area contributed by atoms with Gasteiger partial charge in [-0.1, -0.05) is 85.0 Å². The molecule has 38 heteroatoms. The fraction of sp³-hybridized carbons (Fsp3) is 0.405. The third-order valence-corrected chi connectivity index (χ3v) is 21.9. The van der Waals surface area contributed by atoms with E-state index in [0.29, 0.717) is 29.3 Å². The Hall–Kier alpha value is -10.9. The smallest absolute Gasteiger partial charge is 0.248 e. The number of rotatable bonds is 23. The summed E-state index contributed by atoms with van der Waals surface area (Å²) in [6.07, 6.45) is -17.8. The van der Waals surface area contributed by atoms with Gasteiger partial charge in [-0.2, -0.15) is 0 Å². The molecule has 0 radical (unpaired) electrons. The summed E-state index contributed by atoms with van der Waals surface area (Å²) in [7, 11) is 2.68. The number of aliphatic hydroxyl groups excluding tert-OH is 5. The number of anilines is 1. The number of phenols is 3. The maximum Gasteiger partial charge on any atom is 0.248 e. The summed E-state index contributed by atoms with van der Waals surface area (Å²) in [5.41, 5.74) is 15.8. The molecule has 654 valence electrons. The van der Waals surface area contributed by atoms with Crippen LogP contribution in [0.3, 0.4) is 0 Å². The third-order valence-electron chi connectivity index (χ3n) is 21.1. The summed E-state index contributed by atoms with van der Waals surface area (Å²) in [4.78, 5) is 118. The second-order valence-electron chi connectivity index (χ2n) is 30.7. The number of hydrogen-bond donors (Lipinski definition) is 20. The first-order valence-corrected chi connectivity index (χ1v) is 40.4. The van der Waals surface area contributed by atoms with Gasteiger partial charge in [-0.3, -0.25) is 38.4 Å². The van der Waals surface area contributed by atoms with Gasteiger partial charge in [-0.15, -0.1) is 0 Å². The Morgan fingerprint density at radius 1 is 0.697 bits per heavy atom. The molecule has 2 fully saturated rings. The molecule has 8 amide bonds. The molecule has 0 aliphatic carbocycles. The van der Waals surface area contributed by atoms with Crippen molar-refractivity contribution in [3.05, 3.63) is 176 Å². The summed E-state index contributed by atoms with van der Waals surface area (Å²) >= 11 is 20.5. The van der Waals surface area contributed by atoms with Crippen molar-refractivity contribution in [2.45, 2.75) is 176 Å². The van der Waals surface area contributed by atoms with E-state index in [4.69, 9.17) is 85.2 Å². The number of ether oxygens (including phenoxy) is 7. The molecular weight excluding hydrogens is 1650 g/mol. The molecule has 7 aromatic carbocycles. The molecule has 2 saturated heterocycles. The SMILES string of the molecule is CNC(=O)C1NC(=O)[C@@H]2NC(=O)[C@H](CC(N)=O)NC(=O)[C@H](NC(=O)[C@@H](CC(C)C)NC)[C@H](O)c3ccc(c(Cl)c3)Oc3cc2cc(c3OC2OC(CN)C(O)C(O)C2OC2CC(C)(Nc3cccc(OCc4ccc(Cl)cc4)c3)C(O)C(C)O2)Oc2ccc(cc2Cl)[C@@H](O)CC(=O)N[C@@H](C(=O)NCCCCN)c2cc(O)cc(O)c2-c2cc1ccc2O. The largest absolute Gasteiger partial charge is 0.508 e. The van der Waals surface area contributed by atoms with Crippen LogP contribution in [0.5, 0.6) is 51.7 Å². The van der Waals surface area contributed by atoms with Crippen LogP contribution in [0.1, 0.15) is 130 Å². The molecule has 35 nitrogen and oxygen atoms in total. The Morgan fingerprint density at radius 3 is 2.02 bits per heavy atom. The molecule has 10 unspecified atom stereocenters. The minimum Gasteiger partial charge on any atom is -0.508 e. The summed E-state index contributed by atoms with van der Waals surface area (Å²) in [5, 5.41) is 120. The number of carbonyl (C=O) groups is 8. The number of likely N-dealkylation sites (N-methyl/N-ethyl adjacent to an activating group) is 2. The third kappa shape index (κ3) is 21.9. The number of benzene rings is 7. The van der Waals surface area contributed by atoms with Crippen molar-refractivity contribution in [1.29, 1.82) is 0 Å². The van der Waals surface area contributed by atoms with Gasteiger partial charge in [-0.25, -0.2) is 0 Å². The first kappa shape index (κ1) is 91.9. The van der Waals surface area contributed by atoms with Gasteiger partial charge in [0.05, 0.1) is 46.7 Å². The maximum absolute atomic E-state index is 16.2. The lowest BCUT2D eigenvalue weighted by atomic mass is 9.84. The van der Waals surface area contributed by atoms with Gasteiger partial charge in [0.25, 0.3) is 0 Å². The number of phenolic OH excluding ortho intramolecular Hbond substituents is 3. The zero-order valence-electron chi connectivity index (χ0n) is 67.1. The molecule has 0 aromatic heterocycles. The molecule has 6 aliphatic rings. The molecule has 23 N–H and O–H groups in total. The van der Waals surface area contributed by atoms with Crippen LogP contribution in [0.25, 0.3) is 11.1 Å². The summed E-state index contributed by atoms with van der Waals surface area (Å²) < 4.78 is 46.2. The van der Waals surface area contributed by atoms with E-state index in [1.807, 2.05) is 26.0 Å². The van der Waals surface area contributed by atoms with Crippen molar-refractivity contribution in [2.75, 3.05) is 39.0 Å². The van der Waals surface area contributed by atoms with Crippen LogP contribution in [0, 0.1) is 5.92 Å². The molecule has 13 rings (SSSR count). The maximum atomic E-state index is 16.2. The Bertz CT molecular complexity index is 5000. The van der Waals surface area contributed by atoms with Gasteiger partial charge in [0.15, 0.2) is 23.9 Å². The van der Waals surface area contributed by atoms with E-state index in [0.717, 1.165) is 48.0 Å². The fourth-order valence-electron chi connectivity index (χ4n) is 14.7. The summed E-state index contributed by atoms with van der Waals surface area (Å²) in [6.45, 7) is 6.87. The van der Waals surface area contributed by atoms with Gasteiger partial charge in [0.2, 0.25) is 59.3 Å². The zero-order chi connectivity index (χ0) is 88.3. The molecular formula is C84H99Cl3N12O23. The summed E-state index contributed by atoms with van der Waals surface area (Å²) in [6, 6.07) is 17.4. The van der Waals surface area contributed by atoms with Crippen LogP contribution in [0.4, 0.5) is 5.69 Å². The number of aromatic hydroxyl groups is 3. The normalized spacial score (nSPS) is 25.3. The lowest BCUT2D eigenvalue weighted by Gasteiger charge is -2.48. The summed E-state index contributed by atoms with van der Waals surface area (Å²) in [5.74, 6) is -13.2. The quantitative estimate of drug-likeness (QED) is 0.0380. The standard InChI is InChI=1S/C84H99Cl3N12O23/c1-38(2)24-53(91-5)77(110)98-70-71(106)43-16-21-59(52(87)27-43)119-61-29-44-28-60(74(61)122-83-75(73(108)72(107)62(36-89)120-83)121-65-35-84(4,76(109)39(3)117-65)99-46-10-9-11-48(30-46)116-37-40-12-17-45(85)18-13-40)118-58-20-15-41(26-51(58)86)56(102)34-64(105)95-69(80(113)93-23-8-7-22-88)50-31-47(100)32-57(103)66(50)49-25-42(14-19-55(49)101)67(79(112)92-6)97-81(114)68(44)96-78(111)54(33-63(90)104)94-82(70)115/h9-21,25-32,38-39,53-54,56,62,65,67-73,75-76,83,91,99-103,106-109H,7-8,22-24,33-37,88-89H2,1-6H3,(H2,90,104)(H,92,112)(H,93,113)(H,94,115)(H,95,105)(H,96,111)(H,97,114)(H,98,110)/t39?,53-,54+,56+,62?,65?,67?,68-,69-,70-,71-,72?,73?,75?,76?,83?,84?/m1/s1. The number of fused-ring (bicyclic) bond motifs is 16. The first-order chi connectivity index (χ1) is 58.1. The number of halogens is 3. The zero-order valence-corrected chi connectivity index (χ0v) is 69.3. The van der Waals surface area contributed by atoms with Gasteiger partial charge >= 0.3 is 0 Å². The Labute approximate surface area is 715 Å².